The first-order chi connectivity index (χ1) is 11.8. The molecule has 0 fully saturated rings. The summed E-state index contributed by atoms with van der Waals surface area (Å²) in [7, 11) is 0. The van der Waals surface area contributed by atoms with Crippen molar-refractivity contribution in [3.63, 3.8) is 0 Å². The van der Waals surface area contributed by atoms with E-state index in [1.807, 2.05) is 13.0 Å². The number of hydrogen-bond acceptors (Lipinski definition) is 5. The summed E-state index contributed by atoms with van der Waals surface area (Å²) < 4.78 is 5.08. The monoisotopic (exact) mass is 341 g/mol. The fourth-order valence-electron chi connectivity index (χ4n) is 2.33. The Hall–Kier alpha value is -3.15. The number of carbonyl (C=O) groups is 3. The van der Waals surface area contributed by atoms with Crippen molar-refractivity contribution < 1.29 is 24.2 Å². The Labute approximate surface area is 145 Å². The van der Waals surface area contributed by atoms with Crippen LogP contribution in [0, 0.1) is 13.8 Å². The van der Waals surface area contributed by atoms with E-state index in [9.17, 15) is 19.5 Å². The molecule has 2 aromatic rings. The van der Waals surface area contributed by atoms with Crippen LogP contribution < -0.4 is 5.32 Å². The van der Waals surface area contributed by atoms with E-state index in [0.29, 0.717) is 5.56 Å². The van der Waals surface area contributed by atoms with Gasteiger partial charge in [0, 0.05) is 12.5 Å². The van der Waals surface area contributed by atoms with Crippen LogP contribution in [0.1, 0.15) is 38.8 Å². The molecule has 0 atom stereocenters. The SMILES string of the molecule is CC(=O)Nc1cc(C(=O)COC(=O)c2ccc(C)cc2C)ccc1O. The third-order valence-electron chi connectivity index (χ3n) is 3.57. The number of esters is 1. The molecule has 0 unspecified atom stereocenters. The highest BCUT2D eigenvalue weighted by molar-refractivity contribution is 6.01. The predicted octanol–water partition coefficient (Wildman–Crippen LogP) is 3.01. The first-order valence-electron chi connectivity index (χ1n) is 7.66. The van der Waals surface area contributed by atoms with Gasteiger partial charge in [0.15, 0.2) is 12.4 Å². The highest BCUT2D eigenvalue weighted by Crippen LogP contribution is 2.24. The van der Waals surface area contributed by atoms with E-state index >= 15 is 0 Å². The molecule has 6 nitrogen and oxygen atoms in total. The molecule has 2 rings (SSSR count). The smallest absolute Gasteiger partial charge is 0.338 e. The van der Waals surface area contributed by atoms with Gasteiger partial charge in [-0.05, 0) is 43.7 Å². The fourth-order valence-corrected chi connectivity index (χ4v) is 2.33. The average molecular weight is 341 g/mol. The largest absolute Gasteiger partial charge is 0.506 e. The Kier molecular flexibility index (Phi) is 5.54. The Bertz CT molecular complexity index is 842. The van der Waals surface area contributed by atoms with Gasteiger partial charge < -0.3 is 15.2 Å². The van der Waals surface area contributed by atoms with Gasteiger partial charge in [-0.25, -0.2) is 4.79 Å². The van der Waals surface area contributed by atoms with Crippen LogP contribution in [0.25, 0.3) is 0 Å². The van der Waals surface area contributed by atoms with Crippen molar-refractivity contribution in [3.05, 3.63) is 58.7 Å². The summed E-state index contributed by atoms with van der Waals surface area (Å²) in [6, 6.07) is 9.35. The van der Waals surface area contributed by atoms with E-state index in [1.165, 1.54) is 25.1 Å². The van der Waals surface area contributed by atoms with Crippen LogP contribution >= 0.6 is 0 Å². The molecule has 0 aliphatic rings. The van der Waals surface area contributed by atoms with Gasteiger partial charge in [-0.1, -0.05) is 17.7 Å². The van der Waals surface area contributed by atoms with Crippen LogP contribution in [-0.4, -0.2) is 29.4 Å². The molecule has 2 aromatic carbocycles. The number of carbonyl (C=O) groups excluding carboxylic acids is 3. The highest BCUT2D eigenvalue weighted by Gasteiger charge is 2.15. The van der Waals surface area contributed by atoms with Crippen molar-refractivity contribution in [1.29, 1.82) is 0 Å². The van der Waals surface area contributed by atoms with Crippen LogP contribution in [0.4, 0.5) is 5.69 Å². The molecule has 0 spiro atoms. The van der Waals surface area contributed by atoms with Crippen molar-refractivity contribution >= 4 is 23.3 Å². The molecule has 0 saturated carbocycles. The number of anilines is 1. The third kappa shape index (κ3) is 4.67. The number of phenolic OH excluding ortho intramolecular Hbond substituents is 1. The Morgan fingerprint density at radius 1 is 1.08 bits per heavy atom. The number of aromatic hydroxyl groups is 1. The van der Waals surface area contributed by atoms with Crippen molar-refractivity contribution in [2.75, 3.05) is 11.9 Å². The second-order valence-electron chi connectivity index (χ2n) is 5.73. The maximum absolute atomic E-state index is 12.2. The summed E-state index contributed by atoms with van der Waals surface area (Å²) in [6.07, 6.45) is 0. The zero-order chi connectivity index (χ0) is 18.6. The van der Waals surface area contributed by atoms with E-state index in [2.05, 4.69) is 5.32 Å². The normalized spacial score (nSPS) is 10.2. The van der Waals surface area contributed by atoms with Gasteiger partial charge in [-0.3, -0.25) is 9.59 Å². The van der Waals surface area contributed by atoms with Gasteiger partial charge in [0.1, 0.15) is 5.75 Å². The molecule has 0 aromatic heterocycles. The lowest BCUT2D eigenvalue weighted by Gasteiger charge is -2.09. The third-order valence-corrected chi connectivity index (χ3v) is 3.57. The molecule has 0 radical (unpaired) electrons. The van der Waals surface area contributed by atoms with Crippen molar-refractivity contribution in [1.82, 2.24) is 0 Å². The minimum Gasteiger partial charge on any atom is -0.506 e. The summed E-state index contributed by atoms with van der Waals surface area (Å²) in [6.45, 7) is 4.57. The van der Waals surface area contributed by atoms with E-state index < -0.39 is 18.4 Å². The molecule has 0 heterocycles. The molecule has 0 aliphatic heterocycles. The number of ketones is 1. The Morgan fingerprint density at radius 2 is 1.80 bits per heavy atom. The van der Waals surface area contributed by atoms with Gasteiger partial charge in [0.25, 0.3) is 0 Å². The minimum absolute atomic E-state index is 0.124. The maximum atomic E-state index is 12.2. The van der Waals surface area contributed by atoms with Crippen LogP contribution in [0.3, 0.4) is 0 Å². The number of amides is 1. The van der Waals surface area contributed by atoms with E-state index in [-0.39, 0.29) is 22.9 Å². The number of Topliss-reactive ketones (excluding diaryl/α,β-unsaturated/α-hetero) is 1. The molecule has 0 saturated heterocycles. The second kappa shape index (κ2) is 7.61. The first kappa shape index (κ1) is 18.2. The summed E-state index contributed by atoms with van der Waals surface area (Å²) >= 11 is 0. The van der Waals surface area contributed by atoms with Gasteiger partial charge in [-0.15, -0.1) is 0 Å². The van der Waals surface area contributed by atoms with Gasteiger partial charge in [-0.2, -0.15) is 0 Å². The molecule has 6 heteroatoms. The lowest BCUT2D eigenvalue weighted by atomic mass is 10.1. The van der Waals surface area contributed by atoms with E-state index in [4.69, 9.17) is 4.74 Å². The van der Waals surface area contributed by atoms with Crippen LogP contribution in [0.2, 0.25) is 0 Å². The molecule has 2 N–H and O–H groups in total. The summed E-state index contributed by atoms with van der Waals surface area (Å²) in [5.41, 5.74) is 2.55. The second-order valence-corrected chi connectivity index (χ2v) is 5.73. The number of ether oxygens (including phenoxy) is 1. The number of phenols is 1. The zero-order valence-corrected chi connectivity index (χ0v) is 14.3. The first-order valence-corrected chi connectivity index (χ1v) is 7.66. The Balaban J connectivity index is 2.07. The van der Waals surface area contributed by atoms with Gasteiger partial charge >= 0.3 is 5.97 Å². The summed E-state index contributed by atoms with van der Waals surface area (Å²) in [5, 5.41) is 12.1. The van der Waals surface area contributed by atoms with Crippen LogP contribution in [0.5, 0.6) is 5.75 Å². The number of aryl methyl sites for hydroxylation is 2. The van der Waals surface area contributed by atoms with E-state index in [1.54, 1.807) is 19.1 Å². The molecular formula is C19H19NO5. The lowest BCUT2D eigenvalue weighted by molar-refractivity contribution is -0.114. The van der Waals surface area contributed by atoms with Crippen LogP contribution in [-0.2, 0) is 9.53 Å². The topological polar surface area (TPSA) is 92.7 Å². The molecule has 1 amide bonds. The predicted molar refractivity (Wildman–Crippen MR) is 92.9 cm³/mol. The molecule has 25 heavy (non-hydrogen) atoms. The van der Waals surface area contributed by atoms with Gasteiger partial charge in [0.2, 0.25) is 5.91 Å². The van der Waals surface area contributed by atoms with Crippen molar-refractivity contribution in [3.8, 4) is 5.75 Å². The highest BCUT2D eigenvalue weighted by atomic mass is 16.5. The number of nitrogens with one attached hydrogen (secondary N) is 1. The number of hydrogen-bond donors (Lipinski definition) is 2. The van der Waals surface area contributed by atoms with Crippen molar-refractivity contribution in [2.24, 2.45) is 0 Å². The summed E-state index contributed by atoms with van der Waals surface area (Å²) in [5.74, 6) is -1.54. The molecule has 0 aliphatic carbocycles. The fraction of sp³-hybridized carbons (Fsp3) is 0.211. The van der Waals surface area contributed by atoms with Gasteiger partial charge in [0.05, 0.1) is 11.3 Å². The van der Waals surface area contributed by atoms with E-state index in [0.717, 1.165) is 11.1 Å². The molecular weight excluding hydrogens is 322 g/mol. The average Bonchev–Trinajstić information content (AvgIpc) is 2.54. The lowest BCUT2D eigenvalue weighted by Crippen LogP contribution is -2.15. The quantitative estimate of drug-likeness (QED) is 0.495. The van der Waals surface area contributed by atoms with Crippen LogP contribution in [0.15, 0.2) is 36.4 Å². The maximum Gasteiger partial charge on any atom is 0.338 e. The zero-order valence-electron chi connectivity index (χ0n) is 14.3. The number of rotatable bonds is 5. The molecule has 0 bridgehead atoms. The Morgan fingerprint density at radius 3 is 2.44 bits per heavy atom. The summed E-state index contributed by atoms with van der Waals surface area (Å²) in [4.78, 5) is 35.4. The molecule has 130 valence electrons. The number of benzene rings is 2. The van der Waals surface area contributed by atoms with Crippen molar-refractivity contribution in [2.45, 2.75) is 20.8 Å². The minimum atomic E-state index is -0.577. The standard InChI is InChI=1S/C19H19NO5/c1-11-4-6-15(12(2)8-11)19(24)25-10-18(23)14-5-7-17(22)16(9-14)20-13(3)21/h4-9,22H,10H2,1-3H3,(H,20,21).